The molecule has 2 aromatic carbocycles. The first-order valence-electron chi connectivity index (χ1n) is 12.6. The van der Waals surface area contributed by atoms with Gasteiger partial charge in [-0.25, -0.2) is 23.3 Å². The van der Waals surface area contributed by atoms with Crippen molar-refractivity contribution < 1.29 is 18.3 Å². The molecule has 2 aromatic heterocycles. The number of anilines is 1. The Bertz CT molecular complexity index is 1610. The third kappa shape index (κ3) is 5.35. The summed E-state index contributed by atoms with van der Waals surface area (Å²) in [6, 6.07) is 10.4. The van der Waals surface area contributed by atoms with Crippen LogP contribution in [0.5, 0.6) is 0 Å². The number of nitrogens with two attached hydrogens (primary N) is 1. The van der Waals surface area contributed by atoms with Crippen LogP contribution >= 0.6 is 11.6 Å². The molecular weight excluding hydrogens is 541 g/mol. The molecule has 3 unspecified atom stereocenters. The maximum absolute atomic E-state index is 15.7. The van der Waals surface area contributed by atoms with E-state index in [1.165, 1.54) is 6.07 Å². The molecule has 0 aliphatic heterocycles. The predicted molar refractivity (Wildman–Crippen MR) is 152 cm³/mol. The van der Waals surface area contributed by atoms with Crippen molar-refractivity contribution in [3.63, 3.8) is 0 Å². The third-order valence-electron chi connectivity index (χ3n) is 6.96. The Kier molecular flexibility index (Phi) is 7.84. The fourth-order valence-corrected chi connectivity index (χ4v) is 5.75. The van der Waals surface area contributed by atoms with Gasteiger partial charge in [0, 0.05) is 22.1 Å². The molecule has 5 rings (SSSR count). The lowest BCUT2D eigenvalue weighted by atomic mass is 9.95. The van der Waals surface area contributed by atoms with Crippen LogP contribution in [0.1, 0.15) is 67.7 Å². The van der Waals surface area contributed by atoms with E-state index in [-0.39, 0.29) is 23.4 Å². The summed E-state index contributed by atoms with van der Waals surface area (Å²) in [6.45, 7) is 4.05. The standard InChI is InChI=1S/C28H29ClFN5O3S/c1-15(2)28-33-24(26-27(31)32-14-23(35(26)28)16-7-10-18(36)11-8-16)17-9-12-20(22(30)13-17)25(34-39(37)38)19-5-3-4-6-21(19)29/h3-7,9,12-15,18,25,34,36H,8,10-11H2,1-2H3,(H2,31,32)(H,37,38). The summed E-state index contributed by atoms with van der Waals surface area (Å²) >= 11 is 3.92. The normalized spacial score (nSPS) is 17.4. The van der Waals surface area contributed by atoms with Gasteiger partial charge in [-0.2, -0.15) is 0 Å². The fraction of sp³-hybridized carbons (Fsp3) is 0.286. The molecule has 3 atom stereocenters. The zero-order valence-corrected chi connectivity index (χ0v) is 23.0. The summed E-state index contributed by atoms with van der Waals surface area (Å²) in [7, 11) is 0. The van der Waals surface area contributed by atoms with E-state index < -0.39 is 23.1 Å². The van der Waals surface area contributed by atoms with Gasteiger partial charge >= 0.3 is 0 Å². The summed E-state index contributed by atoms with van der Waals surface area (Å²) in [6.07, 6.45) is 5.29. The van der Waals surface area contributed by atoms with Gasteiger partial charge in [0.2, 0.25) is 11.3 Å². The lowest BCUT2D eigenvalue weighted by Gasteiger charge is -2.20. The predicted octanol–water partition coefficient (Wildman–Crippen LogP) is 5.64. The second-order valence-electron chi connectivity index (χ2n) is 9.90. The van der Waals surface area contributed by atoms with E-state index in [0.29, 0.717) is 46.6 Å². The number of hydrogen-bond acceptors (Lipinski definition) is 5. The Morgan fingerprint density at radius 3 is 2.64 bits per heavy atom. The number of allylic oxidation sites excluding steroid dienone is 1. The van der Waals surface area contributed by atoms with Crippen LogP contribution in [0.4, 0.5) is 10.2 Å². The van der Waals surface area contributed by atoms with Crippen LogP contribution in [0.3, 0.4) is 0 Å². The lowest BCUT2D eigenvalue weighted by Crippen LogP contribution is -2.25. The van der Waals surface area contributed by atoms with E-state index in [0.717, 1.165) is 17.1 Å². The maximum Gasteiger partial charge on any atom is 0.232 e. The van der Waals surface area contributed by atoms with Crippen LogP contribution in [-0.4, -0.2) is 34.3 Å². The van der Waals surface area contributed by atoms with Crippen molar-refractivity contribution in [3.8, 4) is 11.3 Å². The minimum atomic E-state index is -2.42. The van der Waals surface area contributed by atoms with Gasteiger partial charge < -0.3 is 10.8 Å². The summed E-state index contributed by atoms with van der Waals surface area (Å²) < 4.78 is 41.5. The molecule has 1 aliphatic carbocycles. The van der Waals surface area contributed by atoms with Gasteiger partial charge in [-0.1, -0.05) is 61.9 Å². The molecule has 4 aromatic rings. The van der Waals surface area contributed by atoms with Crippen molar-refractivity contribution >= 4 is 39.8 Å². The average Bonchev–Trinajstić information content (AvgIpc) is 3.31. The van der Waals surface area contributed by atoms with Crippen LogP contribution in [0.15, 0.2) is 54.7 Å². The molecule has 0 spiro atoms. The topological polar surface area (TPSA) is 126 Å². The molecule has 204 valence electrons. The Labute approximate surface area is 233 Å². The van der Waals surface area contributed by atoms with Crippen molar-refractivity contribution in [2.75, 3.05) is 5.73 Å². The number of fused-ring (bicyclic) bond motifs is 1. The van der Waals surface area contributed by atoms with E-state index in [4.69, 9.17) is 22.3 Å². The van der Waals surface area contributed by atoms with Gasteiger partial charge in [0.15, 0.2) is 0 Å². The molecule has 5 N–H and O–H groups in total. The number of imidazole rings is 1. The second-order valence-corrected chi connectivity index (χ2v) is 11.0. The van der Waals surface area contributed by atoms with Crippen LogP contribution < -0.4 is 10.5 Å². The lowest BCUT2D eigenvalue weighted by molar-refractivity contribution is 0.166. The zero-order valence-electron chi connectivity index (χ0n) is 21.4. The molecule has 0 bridgehead atoms. The number of hydrogen-bond donors (Lipinski definition) is 4. The number of nitrogen functional groups attached to an aromatic ring is 1. The zero-order chi connectivity index (χ0) is 27.8. The minimum absolute atomic E-state index is 0.0269. The molecule has 11 heteroatoms. The number of aliphatic hydroxyl groups is 1. The SMILES string of the molecule is CC(C)c1nc(-c2ccc(C(NS(=O)O)c3ccccc3Cl)c(F)c2)c2c(N)ncc(C3=CCC(O)CC3)n12. The minimum Gasteiger partial charge on any atom is -0.393 e. The van der Waals surface area contributed by atoms with Crippen LogP contribution in [-0.2, 0) is 11.3 Å². The van der Waals surface area contributed by atoms with E-state index >= 15 is 4.39 Å². The van der Waals surface area contributed by atoms with Crippen LogP contribution in [0, 0.1) is 5.82 Å². The summed E-state index contributed by atoms with van der Waals surface area (Å²) in [4.78, 5) is 9.35. The van der Waals surface area contributed by atoms with Crippen molar-refractivity contribution in [3.05, 3.63) is 88.2 Å². The van der Waals surface area contributed by atoms with Gasteiger partial charge in [0.05, 0.1) is 24.0 Å². The summed E-state index contributed by atoms with van der Waals surface area (Å²) in [5.41, 5.74) is 10.4. The Morgan fingerprint density at radius 1 is 1.23 bits per heavy atom. The Balaban J connectivity index is 1.66. The molecular formula is C28H29ClFN5O3S. The number of aromatic nitrogens is 3. The molecule has 0 radical (unpaired) electrons. The first-order valence-corrected chi connectivity index (χ1v) is 14.1. The van der Waals surface area contributed by atoms with Gasteiger partial charge in [-0.3, -0.25) is 8.95 Å². The van der Waals surface area contributed by atoms with Gasteiger partial charge in [0.25, 0.3) is 0 Å². The van der Waals surface area contributed by atoms with Gasteiger partial charge in [-0.15, -0.1) is 0 Å². The van der Waals surface area contributed by atoms with Gasteiger partial charge in [0.1, 0.15) is 28.7 Å². The number of aliphatic hydroxyl groups excluding tert-OH is 1. The molecule has 39 heavy (non-hydrogen) atoms. The highest BCUT2D eigenvalue weighted by atomic mass is 35.5. The Morgan fingerprint density at radius 2 is 2.00 bits per heavy atom. The third-order valence-corrected chi connectivity index (χ3v) is 7.74. The van der Waals surface area contributed by atoms with Gasteiger partial charge in [-0.05, 0) is 42.5 Å². The number of halogens is 2. The molecule has 2 heterocycles. The van der Waals surface area contributed by atoms with Crippen molar-refractivity contribution in [1.29, 1.82) is 0 Å². The van der Waals surface area contributed by atoms with Crippen LogP contribution in [0.2, 0.25) is 5.02 Å². The molecule has 0 amide bonds. The molecule has 0 saturated carbocycles. The van der Waals surface area contributed by atoms with E-state index in [1.807, 2.05) is 24.3 Å². The Hall–Kier alpha value is -3.15. The smallest absolute Gasteiger partial charge is 0.232 e. The van der Waals surface area contributed by atoms with E-state index in [9.17, 15) is 13.9 Å². The summed E-state index contributed by atoms with van der Waals surface area (Å²) in [5.74, 6) is 0.445. The molecule has 1 aliphatic rings. The first-order chi connectivity index (χ1) is 18.7. The highest BCUT2D eigenvalue weighted by Crippen LogP contribution is 2.37. The highest BCUT2D eigenvalue weighted by Gasteiger charge is 2.26. The van der Waals surface area contributed by atoms with E-state index in [2.05, 4.69) is 9.71 Å². The fourth-order valence-electron chi connectivity index (χ4n) is 5.05. The number of nitrogens with zero attached hydrogens (tertiary/aromatic N) is 3. The first kappa shape index (κ1) is 27.4. The average molecular weight is 570 g/mol. The van der Waals surface area contributed by atoms with Crippen molar-refractivity contribution in [1.82, 2.24) is 19.1 Å². The second kappa shape index (κ2) is 11.1. The van der Waals surface area contributed by atoms with Crippen LogP contribution in [0.25, 0.3) is 22.3 Å². The number of rotatable bonds is 7. The number of benzene rings is 2. The molecule has 0 saturated heterocycles. The monoisotopic (exact) mass is 569 g/mol. The van der Waals surface area contributed by atoms with E-state index in [1.54, 1.807) is 42.6 Å². The van der Waals surface area contributed by atoms with Crippen molar-refractivity contribution in [2.45, 2.75) is 51.2 Å². The summed E-state index contributed by atoms with van der Waals surface area (Å²) in [5, 5.41) is 10.3. The van der Waals surface area contributed by atoms with Crippen molar-refractivity contribution in [2.24, 2.45) is 0 Å². The largest absolute Gasteiger partial charge is 0.393 e. The molecule has 8 nitrogen and oxygen atoms in total. The maximum atomic E-state index is 15.7. The quantitative estimate of drug-likeness (QED) is 0.213. The highest BCUT2D eigenvalue weighted by molar-refractivity contribution is 7.77. The number of nitrogens with one attached hydrogen (secondary N) is 1. The molecule has 0 fully saturated rings.